The van der Waals surface area contributed by atoms with Crippen molar-refractivity contribution in [2.24, 2.45) is 4.99 Å². The molecule has 0 bridgehead atoms. The van der Waals surface area contributed by atoms with Crippen LogP contribution in [0.5, 0.6) is 0 Å². The van der Waals surface area contributed by atoms with Gasteiger partial charge in [0.05, 0.1) is 24.6 Å². The minimum atomic E-state index is -4.10. The van der Waals surface area contributed by atoms with Crippen LogP contribution >= 0.6 is 0 Å². The van der Waals surface area contributed by atoms with Crippen LogP contribution in [0.1, 0.15) is 16.7 Å². The van der Waals surface area contributed by atoms with Crippen LogP contribution < -0.4 is 5.32 Å². The van der Waals surface area contributed by atoms with E-state index < -0.39 is 34.2 Å². The van der Waals surface area contributed by atoms with Crippen molar-refractivity contribution in [3.8, 4) is 0 Å². The molecule has 0 saturated carbocycles. The molecule has 0 spiro atoms. The number of nitrogens with zero attached hydrogens (tertiary/aromatic N) is 2. The smallest absolute Gasteiger partial charge is 0.408 e. The third kappa shape index (κ3) is 6.38. The van der Waals surface area contributed by atoms with Gasteiger partial charge in [0.25, 0.3) is 10.0 Å². The number of rotatable bonds is 9. The maximum Gasteiger partial charge on any atom is 0.408 e. The van der Waals surface area contributed by atoms with Crippen LogP contribution in [0.2, 0.25) is 0 Å². The Balaban J connectivity index is 1.66. The molecule has 1 heterocycles. The molecule has 0 aliphatic carbocycles. The van der Waals surface area contributed by atoms with E-state index >= 15 is 0 Å². The second kappa shape index (κ2) is 11.9. The number of benzene rings is 3. The molecule has 10 heteroatoms. The summed E-state index contributed by atoms with van der Waals surface area (Å²) in [6.07, 6.45) is -0.528. The van der Waals surface area contributed by atoms with Crippen molar-refractivity contribution in [1.82, 2.24) is 9.62 Å². The van der Waals surface area contributed by atoms with E-state index in [1.165, 1.54) is 19.2 Å². The van der Waals surface area contributed by atoms with E-state index in [4.69, 9.17) is 9.47 Å². The lowest BCUT2D eigenvalue weighted by Crippen LogP contribution is -2.50. The highest BCUT2D eigenvalue weighted by molar-refractivity contribution is 7.89. The minimum absolute atomic E-state index is 0.0292. The van der Waals surface area contributed by atoms with Crippen LogP contribution in [-0.4, -0.2) is 56.4 Å². The molecule has 1 N–H and O–H groups in total. The number of esters is 1. The lowest BCUT2D eigenvalue weighted by atomic mass is 10.1. The van der Waals surface area contributed by atoms with Crippen LogP contribution in [-0.2, 0) is 37.3 Å². The molecule has 1 aliphatic rings. The van der Waals surface area contributed by atoms with E-state index in [0.717, 1.165) is 21.0 Å². The van der Waals surface area contributed by atoms with Crippen molar-refractivity contribution in [1.29, 1.82) is 0 Å². The average Bonchev–Trinajstić information content (AvgIpc) is 3.39. The van der Waals surface area contributed by atoms with Crippen LogP contribution in [0.15, 0.2) is 94.8 Å². The van der Waals surface area contributed by atoms with Crippen LogP contribution in [0.3, 0.4) is 0 Å². The summed E-state index contributed by atoms with van der Waals surface area (Å²) in [6, 6.07) is 22.8. The van der Waals surface area contributed by atoms with Crippen LogP contribution in [0.25, 0.3) is 0 Å². The molecule has 38 heavy (non-hydrogen) atoms. The highest BCUT2D eigenvalue weighted by atomic mass is 32.2. The van der Waals surface area contributed by atoms with Gasteiger partial charge in [-0.15, -0.1) is 0 Å². The first-order valence-electron chi connectivity index (χ1n) is 12.0. The van der Waals surface area contributed by atoms with E-state index in [1.807, 2.05) is 67.6 Å². The van der Waals surface area contributed by atoms with Crippen molar-refractivity contribution in [2.45, 2.75) is 36.9 Å². The maximum absolute atomic E-state index is 13.7. The van der Waals surface area contributed by atoms with Crippen molar-refractivity contribution >= 4 is 27.9 Å². The monoisotopic (exact) mass is 535 g/mol. The Labute approximate surface area is 222 Å². The Bertz CT molecular complexity index is 1390. The molecule has 3 aromatic carbocycles. The number of carbonyl (C=O) groups excluding carboxylic acids is 2. The molecular formula is C28H29N3O6S. The predicted molar refractivity (Wildman–Crippen MR) is 142 cm³/mol. The van der Waals surface area contributed by atoms with E-state index in [1.54, 1.807) is 12.1 Å². The van der Waals surface area contributed by atoms with E-state index in [9.17, 15) is 18.0 Å². The lowest BCUT2D eigenvalue weighted by molar-refractivity contribution is -0.141. The highest BCUT2D eigenvalue weighted by Gasteiger charge is 2.42. The number of methoxy groups -OCH3 is 1. The quantitative estimate of drug-likeness (QED) is 0.420. The first kappa shape index (κ1) is 26.9. The molecule has 4 rings (SSSR count). The molecule has 0 fully saturated rings. The zero-order valence-corrected chi connectivity index (χ0v) is 21.9. The van der Waals surface area contributed by atoms with Gasteiger partial charge in [-0.3, -0.25) is 4.99 Å². The summed E-state index contributed by atoms with van der Waals surface area (Å²) < 4.78 is 38.8. The summed E-state index contributed by atoms with van der Waals surface area (Å²) in [5.74, 6) is -0.643. The summed E-state index contributed by atoms with van der Waals surface area (Å²) in [6.45, 7) is 1.64. The fraction of sp³-hybridized carbons (Fsp3) is 0.250. The molecule has 1 aliphatic heterocycles. The SMILES string of the molecule is COC(=O)[C@@H]1CN(S(=O)(=O)c2ccc(C)cc2)C([C@@H](Cc2ccccc2)NC(=O)OCc2ccccc2)=N1. The summed E-state index contributed by atoms with van der Waals surface area (Å²) in [4.78, 5) is 29.8. The number of alkyl carbamates (subject to hydrolysis) is 1. The second-order valence-corrected chi connectivity index (χ2v) is 10.7. The largest absolute Gasteiger partial charge is 0.467 e. The third-order valence-corrected chi connectivity index (χ3v) is 7.85. The third-order valence-electron chi connectivity index (χ3n) is 6.06. The van der Waals surface area contributed by atoms with Crippen molar-refractivity contribution < 1.29 is 27.5 Å². The molecule has 0 saturated heterocycles. The molecule has 1 amide bonds. The molecule has 2 atom stereocenters. The normalized spacial score (nSPS) is 15.9. The number of hydrogen-bond donors (Lipinski definition) is 1. The number of aliphatic imine (C=N–C) groups is 1. The summed E-state index contributed by atoms with van der Waals surface area (Å²) in [5.41, 5.74) is 2.53. The van der Waals surface area contributed by atoms with Crippen molar-refractivity contribution in [3.63, 3.8) is 0 Å². The zero-order chi connectivity index (χ0) is 27.1. The number of amidine groups is 1. The molecule has 0 radical (unpaired) electrons. The number of ether oxygens (including phenoxy) is 2. The van der Waals surface area contributed by atoms with Gasteiger partial charge in [-0.1, -0.05) is 78.4 Å². The standard InChI is InChI=1S/C28H29N3O6S/c1-20-13-15-23(16-14-20)38(34,35)31-18-25(27(32)36-2)29-26(31)24(17-21-9-5-3-6-10-21)30-28(33)37-19-22-11-7-4-8-12-22/h3-16,24-25H,17-19H2,1-2H3,(H,30,33)/t24-,25+/m1/s1. The fourth-order valence-electron chi connectivity index (χ4n) is 4.06. The van der Waals surface area contributed by atoms with Gasteiger partial charge in [0.15, 0.2) is 6.04 Å². The maximum atomic E-state index is 13.7. The predicted octanol–water partition coefficient (Wildman–Crippen LogP) is 3.48. The van der Waals surface area contributed by atoms with Gasteiger partial charge in [-0.25, -0.2) is 22.3 Å². The van der Waals surface area contributed by atoms with Gasteiger partial charge in [0.1, 0.15) is 12.4 Å². The highest BCUT2D eigenvalue weighted by Crippen LogP contribution is 2.25. The van der Waals surface area contributed by atoms with Crippen LogP contribution in [0, 0.1) is 6.92 Å². The molecule has 0 aromatic heterocycles. The topological polar surface area (TPSA) is 114 Å². The van der Waals surface area contributed by atoms with Gasteiger partial charge in [0, 0.05) is 6.42 Å². The van der Waals surface area contributed by atoms with E-state index in [0.29, 0.717) is 0 Å². The summed E-state index contributed by atoms with van der Waals surface area (Å²) >= 11 is 0. The van der Waals surface area contributed by atoms with Gasteiger partial charge in [-0.05, 0) is 30.2 Å². The molecule has 9 nitrogen and oxygen atoms in total. The van der Waals surface area contributed by atoms with Gasteiger partial charge >= 0.3 is 12.1 Å². The van der Waals surface area contributed by atoms with E-state index in [-0.39, 0.29) is 30.3 Å². The van der Waals surface area contributed by atoms with Crippen LogP contribution in [0.4, 0.5) is 4.79 Å². The average molecular weight is 536 g/mol. The van der Waals surface area contributed by atoms with Crippen molar-refractivity contribution in [3.05, 3.63) is 102 Å². The zero-order valence-electron chi connectivity index (χ0n) is 21.1. The summed E-state index contributed by atoms with van der Waals surface area (Å²) in [5, 5.41) is 2.77. The minimum Gasteiger partial charge on any atom is -0.467 e. The van der Waals surface area contributed by atoms with E-state index in [2.05, 4.69) is 10.3 Å². The Hall–Kier alpha value is -4.18. The molecule has 3 aromatic rings. The molecule has 0 unspecified atom stereocenters. The number of hydrogen-bond acceptors (Lipinski definition) is 7. The number of sulfonamides is 1. The lowest BCUT2D eigenvalue weighted by Gasteiger charge is -2.27. The number of carbonyl (C=O) groups is 2. The Morgan fingerprint density at radius 3 is 2.18 bits per heavy atom. The van der Waals surface area contributed by atoms with Gasteiger partial charge in [0.2, 0.25) is 0 Å². The summed E-state index contributed by atoms with van der Waals surface area (Å²) in [7, 11) is -2.89. The first-order chi connectivity index (χ1) is 18.3. The first-order valence-corrected chi connectivity index (χ1v) is 13.5. The Kier molecular flexibility index (Phi) is 8.42. The molecular weight excluding hydrogens is 506 g/mol. The van der Waals surface area contributed by atoms with Crippen molar-refractivity contribution in [2.75, 3.05) is 13.7 Å². The number of aryl methyl sites for hydroxylation is 1. The second-order valence-electron chi connectivity index (χ2n) is 8.82. The molecule has 198 valence electrons. The van der Waals surface area contributed by atoms with Gasteiger partial charge in [-0.2, -0.15) is 0 Å². The number of amides is 1. The Morgan fingerprint density at radius 2 is 1.58 bits per heavy atom. The van der Waals surface area contributed by atoms with Gasteiger partial charge < -0.3 is 14.8 Å². The fourth-order valence-corrected chi connectivity index (χ4v) is 5.56. The Morgan fingerprint density at radius 1 is 0.974 bits per heavy atom. The number of nitrogens with one attached hydrogen (secondary N) is 1.